The Labute approximate surface area is 681 Å². The molecule has 0 radical (unpaired) electrons. The number of rotatable bonds is 22. The van der Waals surface area contributed by atoms with E-state index in [1.165, 1.54) is 28.8 Å². The average molecular weight is 1680 g/mol. The summed E-state index contributed by atoms with van der Waals surface area (Å²) in [4.78, 5) is 222. The maximum atomic E-state index is 14.5. The molecule has 0 aliphatic carbocycles. The normalized spacial score (nSPS) is 23.7. The number of esters is 4. The third-order valence-corrected chi connectivity index (χ3v) is 21.9. The van der Waals surface area contributed by atoms with Gasteiger partial charge in [0.2, 0.25) is 11.2 Å². The zero-order valence-corrected chi connectivity index (χ0v) is 66.0. The number of carboxylic acids is 2. The molecule has 41 heteroatoms. The molecule has 15 rings (SSSR count). The molecule has 119 heavy (non-hydrogen) atoms. The van der Waals surface area contributed by atoms with Crippen LogP contribution in [0.1, 0.15) is 162 Å². The number of hydrogen-bond acceptors (Lipinski definition) is 35. The molecule has 11 heterocycles. The predicted molar refractivity (Wildman–Crippen MR) is 400 cm³/mol. The van der Waals surface area contributed by atoms with Gasteiger partial charge in [-0.2, -0.15) is 10.1 Å². The van der Waals surface area contributed by atoms with E-state index in [-0.39, 0.29) is 113 Å². The number of oxime groups is 2. The number of Topliss-reactive ketones (excluding diaryl/α,β-unsaturated/α-hetero) is 2. The number of imide groups is 2. The van der Waals surface area contributed by atoms with Crippen LogP contribution in [0.2, 0.25) is 0 Å². The first-order chi connectivity index (χ1) is 56.3. The number of thiazole rings is 2. The summed E-state index contributed by atoms with van der Waals surface area (Å²) in [6.07, 6.45) is -3.03. The van der Waals surface area contributed by atoms with Crippen LogP contribution in [-0.4, -0.2) is 230 Å². The number of cyclic esters (lactones) is 2. The number of aromatic hydroxyl groups is 2. The van der Waals surface area contributed by atoms with Crippen molar-refractivity contribution in [3.8, 4) is 23.0 Å². The van der Waals surface area contributed by atoms with Crippen molar-refractivity contribution in [3.63, 3.8) is 0 Å². The lowest BCUT2D eigenvalue weighted by Gasteiger charge is -2.35. The van der Waals surface area contributed by atoms with Crippen molar-refractivity contribution in [2.45, 2.75) is 152 Å². The van der Waals surface area contributed by atoms with E-state index in [9.17, 15) is 87.5 Å². The van der Waals surface area contributed by atoms with E-state index in [1.807, 2.05) is 60.7 Å². The number of aryl methyl sites for hydroxylation is 1. The molecule has 2 unspecified atom stereocenters. The lowest BCUT2D eigenvalue weighted by Crippen LogP contribution is -2.57. The number of anilines is 1. The van der Waals surface area contributed by atoms with E-state index in [0.29, 0.717) is 31.0 Å². The van der Waals surface area contributed by atoms with Crippen molar-refractivity contribution in [2.75, 3.05) is 45.4 Å². The molecule has 39 nitrogen and oxygen atoms in total. The van der Waals surface area contributed by atoms with Crippen molar-refractivity contribution >= 4 is 122 Å². The molecule has 9 aliphatic heterocycles. The summed E-state index contributed by atoms with van der Waals surface area (Å²) in [6, 6.07) is 19.0. The first kappa shape index (κ1) is 82.8. The number of hydroxylamine groups is 4. The fourth-order valence-electron chi connectivity index (χ4n) is 14.5. The zero-order valence-electron chi connectivity index (χ0n) is 64.3. The number of fused-ring (bicyclic) bond motifs is 3. The minimum Gasteiger partial charge on any atom is -0.504 e. The van der Waals surface area contributed by atoms with Gasteiger partial charge in [0, 0.05) is 60.4 Å². The molecule has 9 aliphatic rings. The molecule has 0 bridgehead atoms. The number of aromatic nitrogens is 2. The summed E-state index contributed by atoms with van der Waals surface area (Å²) in [5.74, 6) is -20.7. The van der Waals surface area contributed by atoms with Gasteiger partial charge in [0.05, 0.1) is 91.6 Å². The average Bonchev–Trinajstić information content (AvgIpc) is 1.56. The lowest BCUT2D eigenvalue weighted by molar-refractivity contribution is -0.263. The van der Waals surface area contributed by atoms with E-state index in [4.69, 9.17) is 63.0 Å². The smallest absolute Gasteiger partial charge is 0.375 e. The molecule has 6 amide bonds. The van der Waals surface area contributed by atoms with Crippen LogP contribution in [0, 0.1) is 18.8 Å². The van der Waals surface area contributed by atoms with Gasteiger partial charge in [0.25, 0.3) is 35.4 Å². The number of benzene rings is 4. The Hall–Kier alpha value is -12.7. The number of phenolic OH excluding ortho intramolecular Hbond substituents is 2. The van der Waals surface area contributed by atoms with Gasteiger partial charge in [-0.25, -0.2) is 38.7 Å². The third-order valence-electron chi connectivity index (χ3n) is 20.5. The van der Waals surface area contributed by atoms with Gasteiger partial charge < -0.3 is 73.7 Å². The molecule has 6 atom stereocenters. The number of carboxylic acid groups (broad SMARTS) is 2. The second-order valence-electron chi connectivity index (χ2n) is 30.8. The van der Waals surface area contributed by atoms with Crippen molar-refractivity contribution in [1.29, 1.82) is 0 Å². The molecule has 6 N–H and O–H groups in total. The SMILES string of the molecule is Cc1nc(/C(=N/OC2(C(=O)OC(C)(C)C)CCOCC2)C(=O)C[C@H]2CON(C3(C(=O)OC(C)(C)C)C[C@H](N4C(=O)c5cc6c(cc5C4=O)OC(c4ccccc4)(c4ccccc4)O6)C(=O)O3)C2=O)cs1.Nc1nc(/C(=N/OC2(C(=O)O)CCOCC2)C(=O)C[C@H]2CON(C3(C(=O)O)C[C@H](N4C(=O)c5cc(O)c(O)cc5C4=O)C(=O)O3)C2=O)cs1. The van der Waals surface area contributed by atoms with Crippen LogP contribution in [-0.2, 0) is 102 Å². The minimum atomic E-state index is -2.88. The Bertz CT molecular complexity index is 5180. The van der Waals surface area contributed by atoms with E-state index >= 15 is 0 Å². The Morgan fingerprint density at radius 1 is 0.538 bits per heavy atom. The Balaban J connectivity index is 0.000000208. The fraction of sp³-hybridized carbons (Fsp3) is 0.410. The molecule has 0 saturated carbocycles. The molecular weight excluding hydrogens is 1610 g/mol. The summed E-state index contributed by atoms with van der Waals surface area (Å²) < 4.78 is 46.0. The molecule has 4 aromatic carbocycles. The number of nitrogens with two attached hydrogens (primary N) is 1. The molecule has 0 spiro atoms. The van der Waals surface area contributed by atoms with Gasteiger partial charge >= 0.3 is 53.1 Å². The fourth-order valence-corrected chi connectivity index (χ4v) is 15.6. The number of aliphatic carboxylic acids is 2. The third kappa shape index (κ3) is 15.3. The van der Waals surface area contributed by atoms with Crippen LogP contribution in [0.3, 0.4) is 0 Å². The number of amides is 6. The predicted octanol–water partition coefficient (Wildman–Crippen LogP) is 4.97. The van der Waals surface area contributed by atoms with Crippen LogP contribution in [0.25, 0.3) is 0 Å². The van der Waals surface area contributed by atoms with Crippen LogP contribution < -0.4 is 15.2 Å². The van der Waals surface area contributed by atoms with Gasteiger partial charge in [-0.1, -0.05) is 71.0 Å². The summed E-state index contributed by atoms with van der Waals surface area (Å²) in [6.45, 7) is 10.8. The van der Waals surface area contributed by atoms with E-state index < -0.39 is 202 Å². The Kier molecular flexibility index (Phi) is 21.8. The number of hydrogen-bond donors (Lipinski definition) is 5. The Morgan fingerprint density at radius 2 is 0.941 bits per heavy atom. The zero-order chi connectivity index (χ0) is 85.4. The highest BCUT2D eigenvalue weighted by atomic mass is 32.1. The monoisotopic (exact) mass is 1680 g/mol. The molecule has 6 aromatic rings. The first-order valence-corrected chi connectivity index (χ1v) is 38.8. The summed E-state index contributed by atoms with van der Waals surface area (Å²) in [5, 5.41) is 51.9. The maximum absolute atomic E-state index is 14.5. The molecular formula is C78H75N9O30S2. The van der Waals surface area contributed by atoms with Crippen LogP contribution >= 0.6 is 22.7 Å². The summed E-state index contributed by atoms with van der Waals surface area (Å²) in [7, 11) is 0. The summed E-state index contributed by atoms with van der Waals surface area (Å²) >= 11 is 2.17. The standard InChI is InChI=1S/C50H50N4O15S.C28H25N5O15S/c1-28-51-34(27-70-28)39(52-69-48(18-20-62-21-19-48)44(60)67-46(2,3)4)36(55)22-29-26-63-54(40(29)56)49(45(61)68-47(5,6)7)25-35(43(59)66-49)53-41(57)32-23-37-38(24-33(32)42(53)58)65-50(64-37,30-14-10-8-11-15-30)31-16-12-9-13-17-31;29-26-30-14(10-49-26)19(31-48-27(24(41)42)1-3-45-4-2-27)18(36)5-11-9-46-33(20(11)37)28(25(43)44)8-15(23(40)47-28)32-21(38)12-6-16(34)17(35)7-13(12)22(32)39/h8-17,23-24,27,29,35H,18-22,25-26H2,1-7H3;6-7,10-11,15,34-35H,1-5,8-9H2,(H2,29,30)(H,41,42)(H,43,44)/b52-39-;31-19-/t29-,35-,49?;11-,15-,28?/m00/s1. The summed E-state index contributed by atoms with van der Waals surface area (Å²) in [5.41, 5.74) is -5.70. The largest absolute Gasteiger partial charge is 0.504 e. The highest BCUT2D eigenvalue weighted by Gasteiger charge is 2.68. The van der Waals surface area contributed by atoms with Gasteiger partial charge in [-0.3, -0.25) is 57.8 Å². The van der Waals surface area contributed by atoms with E-state index in [2.05, 4.69) is 20.3 Å². The van der Waals surface area contributed by atoms with Crippen LogP contribution in [0.4, 0.5) is 5.13 Å². The quantitative estimate of drug-likeness (QED) is 0.0150. The first-order valence-electron chi connectivity index (χ1n) is 37.0. The molecule has 2 aromatic heterocycles. The lowest BCUT2D eigenvalue weighted by atomic mass is 9.94. The molecule has 6 fully saturated rings. The molecule has 624 valence electrons. The number of ketones is 2. The van der Waals surface area contributed by atoms with Crippen molar-refractivity contribution < 1.29 is 145 Å². The van der Waals surface area contributed by atoms with Crippen molar-refractivity contribution in [3.05, 3.63) is 145 Å². The van der Waals surface area contributed by atoms with Gasteiger partial charge in [-0.15, -0.1) is 22.7 Å². The number of ether oxygens (including phenoxy) is 8. The van der Waals surface area contributed by atoms with Crippen molar-refractivity contribution in [2.24, 2.45) is 22.1 Å². The van der Waals surface area contributed by atoms with Gasteiger partial charge in [-0.05, 0) is 72.7 Å². The number of nitrogen functional groups attached to an aromatic ring is 1. The van der Waals surface area contributed by atoms with E-state index in [0.717, 1.165) is 23.5 Å². The topological polar surface area (TPSA) is 520 Å². The van der Waals surface area contributed by atoms with Crippen LogP contribution in [0.5, 0.6) is 23.0 Å². The van der Waals surface area contributed by atoms with Gasteiger partial charge in [0.1, 0.15) is 34.7 Å². The van der Waals surface area contributed by atoms with Gasteiger partial charge in [0.15, 0.2) is 51.1 Å². The minimum absolute atomic E-state index is 0.0358. The number of nitrogens with zero attached hydrogens (tertiary/aromatic N) is 8. The highest BCUT2D eigenvalue weighted by Crippen LogP contribution is 2.52. The second kappa shape index (κ2) is 31.3. The number of carbonyl (C=O) groups excluding carboxylic acids is 12. The number of carbonyl (C=O) groups is 14. The van der Waals surface area contributed by atoms with E-state index in [1.54, 1.807) is 53.8 Å². The number of phenols is 2. The maximum Gasteiger partial charge on any atom is 0.375 e. The Morgan fingerprint density at radius 3 is 1.36 bits per heavy atom. The second-order valence-corrected chi connectivity index (χ2v) is 32.8. The highest BCUT2D eigenvalue weighted by molar-refractivity contribution is 7.13. The molecule has 6 saturated heterocycles. The van der Waals surface area contributed by atoms with Crippen LogP contribution in [0.15, 0.2) is 106 Å². The van der Waals surface area contributed by atoms with Crippen molar-refractivity contribution in [1.82, 2.24) is 29.9 Å².